The summed E-state index contributed by atoms with van der Waals surface area (Å²) in [6.07, 6.45) is 0. The van der Waals surface area contributed by atoms with Crippen LogP contribution < -0.4 is 10.3 Å². The van der Waals surface area contributed by atoms with Crippen LogP contribution in [0.5, 0.6) is 5.75 Å². The molecule has 0 aliphatic carbocycles. The summed E-state index contributed by atoms with van der Waals surface area (Å²) in [6.45, 7) is 0.331. The second-order valence-electron chi connectivity index (χ2n) is 5.87. The van der Waals surface area contributed by atoms with Gasteiger partial charge in [-0.15, -0.1) is 0 Å². The highest BCUT2D eigenvalue weighted by Gasteiger charge is 2.06. The van der Waals surface area contributed by atoms with Gasteiger partial charge in [0.2, 0.25) is 0 Å². The molecule has 3 aromatic carbocycles. The lowest BCUT2D eigenvalue weighted by Gasteiger charge is -2.08. The first-order valence-electron chi connectivity index (χ1n) is 8.16. The molecule has 4 nitrogen and oxygen atoms in total. The normalized spacial score (nSPS) is 10.8. The Labute approximate surface area is 148 Å². The third-order valence-corrected chi connectivity index (χ3v) is 4.03. The molecule has 0 amide bonds. The molecule has 0 bridgehead atoms. The highest BCUT2D eigenvalue weighted by molar-refractivity contribution is 5.79. The summed E-state index contributed by atoms with van der Waals surface area (Å²) in [7, 11) is 0. The quantitative estimate of drug-likeness (QED) is 0.599. The van der Waals surface area contributed by atoms with Gasteiger partial charge in [-0.2, -0.15) is 0 Å². The molecule has 0 radical (unpaired) electrons. The Morgan fingerprint density at radius 2 is 1.77 bits per heavy atom. The van der Waals surface area contributed by atoms with Crippen LogP contribution in [0, 0.1) is 5.82 Å². The molecule has 26 heavy (non-hydrogen) atoms. The van der Waals surface area contributed by atoms with Crippen molar-refractivity contribution in [2.45, 2.75) is 6.61 Å². The molecular formula is C21H15FN2O2. The number of aromatic amines is 1. The largest absolute Gasteiger partial charge is 0.489 e. The molecule has 5 heteroatoms. The van der Waals surface area contributed by atoms with Crippen LogP contribution in [0.15, 0.2) is 77.6 Å². The average molecular weight is 346 g/mol. The van der Waals surface area contributed by atoms with Gasteiger partial charge in [0.25, 0.3) is 5.56 Å². The lowest BCUT2D eigenvalue weighted by atomic mass is 10.1. The Balaban J connectivity index is 1.61. The van der Waals surface area contributed by atoms with Crippen LogP contribution in [-0.4, -0.2) is 9.97 Å². The molecule has 0 spiro atoms. The smallest absolute Gasteiger partial charge is 0.259 e. The minimum Gasteiger partial charge on any atom is -0.489 e. The molecule has 0 saturated carbocycles. The van der Waals surface area contributed by atoms with Gasteiger partial charge in [-0.1, -0.05) is 30.3 Å². The SMILES string of the molecule is O=c1[nH]c(-c2cccc(COc3ccc(F)cc3)c2)nc2ccccc12. The van der Waals surface area contributed by atoms with Crippen molar-refractivity contribution in [2.75, 3.05) is 0 Å². The third kappa shape index (κ3) is 3.32. The first kappa shape index (κ1) is 16.0. The summed E-state index contributed by atoms with van der Waals surface area (Å²) >= 11 is 0. The number of ether oxygens (including phenoxy) is 1. The standard InChI is InChI=1S/C21H15FN2O2/c22-16-8-10-17(11-9-16)26-13-14-4-3-5-15(12-14)20-23-19-7-2-1-6-18(19)21(25)24-20/h1-12H,13H2,(H,23,24,25). The maximum Gasteiger partial charge on any atom is 0.259 e. The molecule has 1 heterocycles. The van der Waals surface area contributed by atoms with Crippen LogP contribution in [0.3, 0.4) is 0 Å². The van der Waals surface area contributed by atoms with Gasteiger partial charge >= 0.3 is 0 Å². The average Bonchev–Trinajstić information content (AvgIpc) is 2.68. The highest BCUT2D eigenvalue weighted by Crippen LogP contribution is 2.19. The predicted molar refractivity (Wildman–Crippen MR) is 98.5 cm³/mol. The van der Waals surface area contributed by atoms with Crippen molar-refractivity contribution in [3.05, 3.63) is 94.5 Å². The van der Waals surface area contributed by atoms with E-state index >= 15 is 0 Å². The van der Waals surface area contributed by atoms with Crippen LogP contribution in [0.25, 0.3) is 22.3 Å². The first-order valence-corrected chi connectivity index (χ1v) is 8.16. The Morgan fingerprint density at radius 3 is 2.62 bits per heavy atom. The second kappa shape index (κ2) is 6.80. The van der Waals surface area contributed by atoms with Crippen LogP contribution >= 0.6 is 0 Å². The van der Waals surface area contributed by atoms with Gasteiger partial charge in [0.05, 0.1) is 10.9 Å². The predicted octanol–water partition coefficient (Wildman–Crippen LogP) is 4.31. The molecule has 4 rings (SSSR count). The third-order valence-electron chi connectivity index (χ3n) is 4.03. The summed E-state index contributed by atoms with van der Waals surface area (Å²) in [6, 6.07) is 20.7. The lowest BCUT2D eigenvalue weighted by molar-refractivity contribution is 0.306. The van der Waals surface area contributed by atoms with Crippen molar-refractivity contribution < 1.29 is 9.13 Å². The van der Waals surface area contributed by atoms with Crippen LogP contribution in [0.4, 0.5) is 4.39 Å². The number of H-pyrrole nitrogens is 1. The van der Waals surface area contributed by atoms with Crippen molar-refractivity contribution in [1.29, 1.82) is 0 Å². The van der Waals surface area contributed by atoms with E-state index < -0.39 is 0 Å². The van der Waals surface area contributed by atoms with E-state index in [2.05, 4.69) is 9.97 Å². The highest BCUT2D eigenvalue weighted by atomic mass is 19.1. The lowest BCUT2D eigenvalue weighted by Crippen LogP contribution is -2.09. The van der Waals surface area contributed by atoms with E-state index in [0.717, 1.165) is 11.1 Å². The van der Waals surface area contributed by atoms with E-state index in [1.807, 2.05) is 42.5 Å². The second-order valence-corrected chi connectivity index (χ2v) is 5.87. The van der Waals surface area contributed by atoms with E-state index in [1.54, 1.807) is 18.2 Å². The Morgan fingerprint density at radius 1 is 0.962 bits per heavy atom. The molecule has 128 valence electrons. The van der Waals surface area contributed by atoms with Gasteiger partial charge in [0, 0.05) is 5.56 Å². The fraction of sp³-hybridized carbons (Fsp3) is 0.0476. The number of halogens is 1. The van der Waals surface area contributed by atoms with Crippen LogP contribution in [0.2, 0.25) is 0 Å². The van der Waals surface area contributed by atoms with Gasteiger partial charge in [-0.3, -0.25) is 4.79 Å². The first-order chi connectivity index (χ1) is 12.7. The van der Waals surface area contributed by atoms with Crippen molar-refractivity contribution in [3.63, 3.8) is 0 Å². The Bertz CT molecular complexity index is 1120. The maximum atomic E-state index is 12.9. The fourth-order valence-electron chi connectivity index (χ4n) is 2.73. The Kier molecular flexibility index (Phi) is 4.19. The molecule has 0 aliphatic heterocycles. The Hall–Kier alpha value is -3.47. The van der Waals surface area contributed by atoms with Gasteiger partial charge in [-0.05, 0) is 48.0 Å². The van der Waals surface area contributed by atoms with E-state index in [4.69, 9.17) is 4.74 Å². The molecule has 0 fully saturated rings. The number of hydrogen-bond acceptors (Lipinski definition) is 3. The van der Waals surface area contributed by atoms with Crippen molar-refractivity contribution in [1.82, 2.24) is 9.97 Å². The molecule has 0 unspecified atom stereocenters. The molecule has 1 aromatic heterocycles. The zero-order chi connectivity index (χ0) is 17.9. The number of fused-ring (bicyclic) bond motifs is 1. The number of nitrogens with one attached hydrogen (secondary N) is 1. The molecule has 1 N–H and O–H groups in total. The molecule has 4 aromatic rings. The zero-order valence-corrected chi connectivity index (χ0v) is 13.8. The summed E-state index contributed by atoms with van der Waals surface area (Å²) < 4.78 is 18.6. The van der Waals surface area contributed by atoms with Gasteiger partial charge in [-0.25, -0.2) is 9.37 Å². The molecule has 0 saturated heterocycles. The molecule has 0 aliphatic rings. The van der Waals surface area contributed by atoms with Crippen LogP contribution in [-0.2, 0) is 6.61 Å². The van der Waals surface area contributed by atoms with E-state index in [-0.39, 0.29) is 11.4 Å². The van der Waals surface area contributed by atoms with Crippen LogP contribution in [0.1, 0.15) is 5.56 Å². The topological polar surface area (TPSA) is 55.0 Å². The number of para-hydroxylation sites is 1. The minimum absolute atomic E-state index is 0.168. The van der Waals surface area contributed by atoms with Gasteiger partial charge < -0.3 is 9.72 Å². The summed E-state index contributed by atoms with van der Waals surface area (Å²) in [5, 5.41) is 0.562. The number of hydrogen-bond donors (Lipinski definition) is 1. The van der Waals surface area contributed by atoms with Gasteiger partial charge in [0.1, 0.15) is 24.0 Å². The molecule has 0 atom stereocenters. The summed E-state index contributed by atoms with van der Waals surface area (Å²) in [5.74, 6) is 0.803. The van der Waals surface area contributed by atoms with Crippen molar-refractivity contribution in [2.24, 2.45) is 0 Å². The maximum absolute atomic E-state index is 12.9. The van der Waals surface area contributed by atoms with Gasteiger partial charge in [0.15, 0.2) is 0 Å². The number of aromatic nitrogens is 2. The minimum atomic E-state index is -0.300. The summed E-state index contributed by atoms with van der Waals surface area (Å²) in [4.78, 5) is 19.6. The molecular weight excluding hydrogens is 331 g/mol. The van der Waals surface area contributed by atoms with Crippen molar-refractivity contribution in [3.8, 4) is 17.1 Å². The fourth-order valence-corrected chi connectivity index (χ4v) is 2.73. The number of nitrogens with zero attached hydrogens (tertiary/aromatic N) is 1. The van der Waals surface area contributed by atoms with Crippen molar-refractivity contribution >= 4 is 10.9 Å². The van der Waals surface area contributed by atoms with E-state index in [9.17, 15) is 9.18 Å². The number of benzene rings is 3. The van der Waals surface area contributed by atoms with E-state index in [1.165, 1.54) is 12.1 Å². The summed E-state index contributed by atoms with van der Waals surface area (Å²) in [5.41, 5.74) is 2.20. The zero-order valence-electron chi connectivity index (χ0n) is 13.8. The van der Waals surface area contributed by atoms with E-state index in [0.29, 0.717) is 29.1 Å². The monoisotopic (exact) mass is 346 g/mol. The number of rotatable bonds is 4.